The molecule has 11 heteroatoms. The van der Waals surface area contributed by atoms with Crippen molar-refractivity contribution in [1.82, 2.24) is 20.4 Å². The normalized spacial score (nSPS) is 10.4. The number of aromatic nitrogens is 4. The fraction of sp³-hybridized carbons (Fsp3) is 0.176. The highest BCUT2D eigenvalue weighted by molar-refractivity contribution is 5.94. The third kappa shape index (κ3) is 3.72. The third-order valence-corrected chi connectivity index (χ3v) is 3.61. The van der Waals surface area contributed by atoms with E-state index in [-0.39, 0.29) is 41.1 Å². The van der Waals surface area contributed by atoms with Gasteiger partial charge < -0.3 is 14.2 Å². The Morgan fingerprint density at radius 3 is 2.79 bits per heavy atom. The van der Waals surface area contributed by atoms with E-state index in [1.807, 2.05) is 0 Å². The maximum atomic E-state index is 12.0. The highest BCUT2D eigenvalue weighted by atomic mass is 16.6. The molecule has 2 aromatic heterocycles. The van der Waals surface area contributed by atoms with Crippen molar-refractivity contribution in [2.75, 3.05) is 13.7 Å². The van der Waals surface area contributed by atoms with Crippen molar-refractivity contribution in [2.45, 2.75) is 6.92 Å². The zero-order chi connectivity index (χ0) is 20.1. The summed E-state index contributed by atoms with van der Waals surface area (Å²) in [4.78, 5) is 26.4. The monoisotopic (exact) mass is 385 g/mol. The van der Waals surface area contributed by atoms with Crippen LogP contribution < -0.4 is 9.47 Å². The van der Waals surface area contributed by atoms with Gasteiger partial charge in [0.2, 0.25) is 0 Å². The molecular weight excluding hydrogens is 370 g/mol. The van der Waals surface area contributed by atoms with Gasteiger partial charge in [0.05, 0.1) is 18.6 Å². The Hall–Kier alpha value is -4.02. The topological polar surface area (TPSA) is 142 Å². The molecule has 0 spiro atoms. The standard InChI is InChI=1S/C17H15N5O6/c1-3-27-17(23)15-14(19-21-20-15)10-6-7-12(13(9-10)26-2)28-16-11(22(24)25)5-4-8-18-16/h4-9H,3H2,1-2H3,(H,19,20,21). The van der Waals surface area contributed by atoms with Crippen LogP contribution >= 0.6 is 0 Å². The fourth-order valence-corrected chi connectivity index (χ4v) is 2.38. The number of esters is 1. The first-order valence-electron chi connectivity index (χ1n) is 8.08. The van der Waals surface area contributed by atoms with Crippen LogP contribution in [0.3, 0.4) is 0 Å². The van der Waals surface area contributed by atoms with Crippen molar-refractivity contribution in [3.63, 3.8) is 0 Å². The number of H-pyrrole nitrogens is 1. The van der Waals surface area contributed by atoms with Crippen molar-refractivity contribution in [3.05, 3.63) is 52.3 Å². The molecule has 0 unspecified atom stereocenters. The van der Waals surface area contributed by atoms with Crippen LogP contribution in [0.25, 0.3) is 11.3 Å². The van der Waals surface area contributed by atoms with Crippen LogP contribution in [0, 0.1) is 10.1 Å². The van der Waals surface area contributed by atoms with Gasteiger partial charge in [0.25, 0.3) is 5.88 Å². The number of rotatable bonds is 7. The Morgan fingerprint density at radius 2 is 2.07 bits per heavy atom. The van der Waals surface area contributed by atoms with E-state index in [1.54, 1.807) is 19.1 Å². The summed E-state index contributed by atoms with van der Waals surface area (Å²) in [6.07, 6.45) is 1.38. The van der Waals surface area contributed by atoms with E-state index in [9.17, 15) is 14.9 Å². The lowest BCUT2D eigenvalue weighted by molar-refractivity contribution is -0.386. The predicted molar refractivity (Wildman–Crippen MR) is 95.3 cm³/mol. The summed E-state index contributed by atoms with van der Waals surface area (Å²) < 4.78 is 15.8. The van der Waals surface area contributed by atoms with Crippen LogP contribution in [-0.4, -0.2) is 45.0 Å². The van der Waals surface area contributed by atoms with Gasteiger partial charge >= 0.3 is 11.7 Å². The molecular formula is C17H15N5O6. The van der Waals surface area contributed by atoms with Gasteiger partial charge in [-0.3, -0.25) is 10.1 Å². The minimum atomic E-state index is -0.616. The highest BCUT2D eigenvalue weighted by Crippen LogP contribution is 2.37. The van der Waals surface area contributed by atoms with Crippen LogP contribution in [0.1, 0.15) is 17.4 Å². The van der Waals surface area contributed by atoms with Crippen LogP contribution in [-0.2, 0) is 4.74 Å². The van der Waals surface area contributed by atoms with Crippen molar-refractivity contribution >= 4 is 11.7 Å². The van der Waals surface area contributed by atoms with E-state index in [4.69, 9.17) is 14.2 Å². The van der Waals surface area contributed by atoms with E-state index in [0.717, 1.165) is 0 Å². The number of hydrogen-bond acceptors (Lipinski definition) is 9. The number of nitrogens with zero attached hydrogens (tertiary/aromatic N) is 4. The first-order chi connectivity index (χ1) is 13.5. The second-order valence-electron chi connectivity index (χ2n) is 5.29. The summed E-state index contributed by atoms with van der Waals surface area (Å²) in [6, 6.07) is 7.41. The summed E-state index contributed by atoms with van der Waals surface area (Å²) in [7, 11) is 1.41. The number of carbonyl (C=O) groups excluding carboxylic acids is 1. The minimum absolute atomic E-state index is 0.0259. The maximum Gasteiger partial charge on any atom is 0.361 e. The number of hydrogen-bond donors (Lipinski definition) is 1. The van der Waals surface area contributed by atoms with Crippen molar-refractivity contribution in [3.8, 4) is 28.6 Å². The second kappa shape index (κ2) is 8.12. The lowest BCUT2D eigenvalue weighted by Gasteiger charge is -2.11. The summed E-state index contributed by atoms with van der Waals surface area (Å²) in [5.74, 6) is -0.327. The van der Waals surface area contributed by atoms with Crippen LogP contribution in [0.15, 0.2) is 36.5 Å². The van der Waals surface area contributed by atoms with Crippen LogP contribution in [0.4, 0.5) is 5.69 Å². The first-order valence-corrected chi connectivity index (χ1v) is 8.08. The quantitative estimate of drug-likeness (QED) is 0.369. The number of benzene rings is 1. The second-order valence-corrected chi connectivity index (χ2v) is 5.29. The van der Waals surface area contributed by atoms with Crippen molar-refractivity contribution < 1.29 is 23.9 Å². The number of pyridine rings is 1. The van der Waals surface area contributed by atoms with Gasteiger partial charge in [0.1, 0.15) is 5.69 Å². The number of nitrogens with one attached hydrogen (secondary N) is 1. The van der Waals surface area contributed by atoms with E-state index < -0.39 is 10.9 Å². The summed E-state index contributed by atoms with van der Waals surface area (Å²) in [5.41, 5.74) is 0.524. The molecule has 0 fully saturated rings. The maximum absolute atomic E-state index is 12.0. The van der Waals surface area contributed by atoms with Gasteiger partial charge in [-0.1, -0.05) is 0 Å². The lowest BCUT2D eigenvalue weighted by Crippen LogP contribution is -2.06. The third-order valence-electron chi connectivity index (χ3n) is 3.61. The van der Waals surface area contributed by atoms with Crippen molar-refractivity contribution in [2.24, 2.45) is 0 Å². The fourth-order valence-electron chi connectivity index (χ4n) is 2.38. The van der Waals surface area contributed by atoms with E-state index in [2.05, 4.69) is 20.4 Å². The molecule has 0 radical (unpaired) electrons. The number of methoxy groups -OCH3 is 1. The molecule has 0 amide bonds. The molecule has 0 aliphatic carbocycles. The van der Waals surface area contributed by atoms with E-state index >= 15 is 0 Å². The van der Waals surface area contributed by atoms with Crippen LogP contribution in [0.2, 0.25) is 0 Å². The minimum Gasteiger partial charge on any atom is -0.493 e. The Labute approximate surface area is 158 Å². The summed E-state index contributed by atoms with van der Waals surface area (Å²) in [6.45, 7) is 1.88. The van der Waals surface area contributed by atoms with Gasteiger partial charge in [0.15, 0.2) is 17.2 Å². The average molecular weight is 385 g/mol. The molecule has 1 aromatic carbocycles. The van der Waals surface area contributed by atoms with Gasteiger partial charge in [-0.05, 0) is 31.2 Å². The molecule has 0 saturated heterocycles. The molecule has 28 heavy (non-hydrogen) atoms. The molecule has 0 aliphatic rings. The molecule has 0 saturated carbocycles. The molecule has 0 atom stereocenters. The zero-order valence-corrected chi connectivity index (χ0v) is 14.9. The SMILES string of the molecule is CCOC(=O)c1n[nH]nc1-c1ccc(Oc2ncccc2[N+](=O)[O-])c(OC)c1. The molecule has 144 valence electrons. The zero-order valence-electron chi connectivity index (χ0n) is 14.9. The summed E-state index contributed by atoms with van der Waals surface area (Å²) >= 11 is 0. The van der Waals surface area contributed by atoms with E-state index in [1.165, 1.54) is 31.5 Å². The molecule has 3 aromatic rings. The largest absolute Gasteiger partial charge is 0.493 e. The molecule has 0 bridgehead atoms. The lowest BCUT2D eigenvalue weighted by atomic mass is 10.1. The van der Waals surface area contributed by atoms with Crippen molar-refractivity contribution in [1.29, 1.82) is 0 Å². The molecule has 2 heterocycles. The number of ether oxygens (including phenoxy) is 3. The number of nitro groups is 1. The number of aromatic amines is 1. The first kappa shape index (κ1) is 18.8. The Kier molecular flexibility index (Phi) is 5.44. The van der Waals surface area contributed by atoms with Gasteiger partial charge in [-0.2, -0.15) is 10.3 Å². The average Bonchev–Trinajstić information content (AvgIpc) is 3.18. The van der Waals surface area contributed by atoms with Crippen LogP contribution in [0.5, 0.6) is 17.4 Å². The predicted octanol–water partition coefficient (Wildman–Crippen LogP) is 2.75. The van der Waals surface area contributed by atoms with Gasteiger partial charge in [0, 0.05) is 17.8 Å². The molecule has 0 aliphatic heterocycles. The summed E-state index contributed by atoms with van der Waals surface area (Å²) in [5, 5.41) is 21.3. The Balaban J connectivity index is 1.96. The smallest absolute Gasteiger partial charge is 0.361 e. The van der Waals surface area contributed by atoms with Gasteiger partial charge in [-0.15, -0.1) is 5.10 Å². The van der Waals surface area contributed by atoms with E-state index in [0.29, 0.717) is 5.56 Å². The Morgan fingerprint density at radius 1 is 1.25 bits per heavy atom. The Bertz CT molecular complexity index is 1020. The van der Waals surface area contributed by atoms with Gasteiger partial charge in [-0.25, -0.2) is 9.78 Å². The number of carbonyl (C=O) groups is 1. The molecule has 1 N–H and O–H groups in total. The molecule has 3 rings (SSSR count). The molecule has 11 nitrogen and oxygen atoms in total. The highest BCUT2D eigenvalue weighted by Gasteiger charge is 2.22.